The highest BCUT2D eigenvalue weighted by Crippen LogP contribution is 2.20. The van der Waals surface area contributed by atoms with Crippen LogP contribution in [0.3, 0.4) is 0 Å². The molecule has 0 aliphatic carbocycles. The van der Waals surface area contributed by atoms with Gasteiger partial charge in [0.05, 0.1) is 0 Å². The maximum atomic E-state index is 10.7. The highest BCUT2D eigenvalue weighted by Gasteiger charge is 2.07. The summed E-state index contributed by atoms with van der Waals surface area (Å²) in [6.45, 7) is 3.56. The molecule has 0 spiro atoms. The molecule has 16 heavy (non-hydrogen) atoms. The molecule has 0 saturated carbocycles. The Labute approximate surface area is 93.8 Å². The van der Waals surface area contributed by atoms with E-state index < -0.39 is 5.97 Å². The zero-order valence-electron chi connectivity index (χ0n) is 8.81. The van der Waals surface area contributed by atoms with Crippen LogP contribution in [0, 0.1) is 0 Å². The van der Waals surface area contributed by atoms with Gasteiger partial charge >= 0.3 is 5.97 Å². The van der Waals surface area contributed by atoms with Crippen molar-refractivity contribution in [3.63, 3.8) is 0 Å². The fraction of sp³-hybridized carbons (Fsp3) is 0.0714. The molecule has 1 N–H and O–H groups in total. The van der Waals surface area contributed by atoms with E-state index >= 15 is 0 Å². The van der Waals surface area contributed by atoms with Gasteiger partial charge in [-0.25, -0.2) is 4.79 Å². The Bertz CT molecular complexity index is 550. The number of rotatable bonds is 3. The molecule has 0 saturated heterocycles. The highest BCUT2D eigenvalue weighted by atomic mass is 16.4. The van der Waals surface area contributed by atoms with Crippen molar-refractivity contribution in [3.05, 3.63) is 60.2 Å². The standard InChI is InChI=1S/C14H12O2/c1-10(14(15)16)9-12-7-4-6-11-5-2-3-8-13(11)12/h2-8H,1,9H2,(H,15,16). The van der Waals surface area contributed by atoms with E-state index in [0.29, 0.717) is 6.42 Å². The molecule has 0 aliphatic heterocycles. The van der Waals surface area contributed by atoms with E-state index in [1.54, 1.807) is 0 Å². The first-order chi connectivity index (χ1) is 7.68. The van der Waals surface area contributed by atoms with Gasteiger partial charge in [0.15, 0.2) is 0 Å². The molecule has 0 aromatic heterocycles. The quantitative estimate of drug-likeness (QED) is 0.794. The average molecular weight is 212 g/mol. The summed E-state index contributed by atoms with van der Waals surface area (Å²) in [5, 5.41) is 11.0. The molecule has 0 aliphatic rings. The van der Waals surface area contributed by atoms with Gasteiger partial charge in [-0.3, -0.25) is 0 Å². The third kappa shape index (κ3) is 1.96. The molecular weight excluding hydrogens is 200 g/mol. The summed E-state index contributed by atoms with van der Waals surface area (Å²) in [5.41, 5.74) is 1.22. The molecule has 0 unspecified atom stereocenters. The van der Waals surface area contributed by atoms with Crippen LogP contribution >= 0.6 is 0 Å². The normalized spacial score (nSPS) is 10.2. The van der Waals surface area contributed by atoms with Crippen LogP contribution in [0.15, 0.2) is 54.6 Å². The fourth-order valence-electron chi connectivity index (χ4n) is 1.75. The molecule has 0 heterocycles. The smallest absolute Gasteiger partial charge is 0.331 e. The minimum Gasteiger partial charge on any atom is -0.478 e. The lowest BCUT2D eigenvalue weighted by atomic mass is 9.99. The maximum absolute atomic E-state index is 10.7. The SMILES string of the molecule is C=C(Cc1cccc2ccccc12)C(=O)O. The van der Waals surface area contributed by atoms with E-state index in [1.807, 2.05) is 42.5 Å². The molecule has 2 rings (SSSR count). The van der Waals surface area contributed by atoms with Gasteiger partial charge < -0.3 is 5.11 Å². The van der Waals surface area contributed by atoms with E-state index in [4.69, 9.17) is 5.11 Å². The number of fused-ring (bicyclic) bond motifs is 1. The predicted molar refractivity (Wildman–Crippen MR) is 64.4 cm³/mol. The molecule has 0 bridgehead atoms. The first-order valence-corrected chi connectivity index (χ1v) is 5.06. The lowest BCUT2D eigenvalue weighted by molar-refractivity contribution is -0.132. The van der Waals surface area contributed by atoms with Gasteiger partial charge in [-0.1, -0.05) is 49.0 Å². The molecular formula is C14H12O2. The number of hydrogen-bond acceptors (Lipinski definition) is 1. The van der Waals surface area contributed by atoms with Gasteiger partial charge in [-0.15, -0.1) is 0 Å². The molecule has 2 heteroatoms. The number of carbonyl (C=O) groups is 1. The van der Waals surface area contributed by atoms with Gasteiger partial charge in [0, 0.05) is 12.0 Å². The summed E-state index contributed by atoms with van der Waals surface area (Å²) in [6, 6.07) is 13.8. The summed E-state index contributed by atoms with van der Waals surface area (Å²) in [6.07, 6.45) is 0.386. The monoisotopic (exact) mass is 212 g/mol. The van der Waals surface area contributed by atoms with E-state index in [2.05, 4.69) is 6.58 Å². The Hall–Kier alpha value is -2.09. The number of carboxylic acids is 1. The van der Waals surface area contributed by atoms with Crippen LogP contribution in [-0.4, -0.2) is 11.1 Å². The van der Waals surface area contributed by atoms with Crippen LogP contribution in [-0.2, 0) is 11.2 Å². The molecule has 0 amide bonds. The van der Waals surface area contributed by atoms with Crippen molar-refractivity contribution in [3.8, 4) is 0 Å². The summed E-state index contributed by atoms with van der Waals surface area (Å²) in [7, 11) is 0. The molecule has 2 aromatic rings. The summed E-state index contributed by atoms with van der Waals surface area (Å²) in [4.78, 5) is 10.7. The average Bonchev–Trinajstić information content (AvgIpc) is 2.29. The van der Waals surface area contributed by atoms with Gasteiger partial charge in [-0.05, 0) is 16.3 Å². The third-order valence-electron chi connectivity index (χ3n) is 2.59. The van der Waals surface area contributed by atoms with Crippen molar-refractivity contribution in [1.82, 2.24) is 0 Å². The van der Waals surface area contributed by atoms with E-state index in [-0.39, 0.29) is 5.57 Å². The van der Waals surface area contributed by atoms with Crippen LogP contribution < -0.4 is 0 Å². The fourth-order valence-corrected chi connectivity index (χ4v) is 1.75. The van der Waals surface area contributed by atoms with Gasteiger partial charge in [0.2, 0.25) is 0 Å². The second kappa shape index (κ2) is 4.19. The van der Waals surface area contributed by atoms with Crippen molar-refractivity contribution in [2.24, 2.45) is 0 Å². The molecule has 0 atom stereocenters. The lowest BCUT2D eigenvalue weighted by Crippen LogP contribution is -2.02. The number of aliphatic carboxylic acids is 1. The number of hydrogen-bond donors (Lipinski definition) is 1. The second-order valence-corrected chi connectivity index (χ2v) is 3.72. The van der Waals surface area contributed by atoms with Crippen LogP contribution in [0.4, 0.5) is 0 Å². The third-order valence-corrected chi connectivity index (χ3v) is 2.59. The first-order valence-electron chi connectivity index (χ1n) is 5.06. The van der Waals surface area contributed by atoms with Gasteiger partial charge in [0.25, 0.3) is 0 Å². The van der Waals surface area contributed by atoms with Crippen LogP contribution in [0.5, 0.6) is 0 Å². The minimum atomic E-state index is -0.937. The van der Waals surface area contributed by atoms with E-state index in [9.17, 15) is 4.79 Å². The largest absolute Gasteiger partial charge is 0.478 e. The topological polar surface area (TPSA) is 37.3 Å². The van der Waals surface area contributed by atoms with E-state index in [1.165, 1.54) is 0 Å². The number of carboxylic acid groups (broad SMARTS) is 1. The highest BCUT2D eigenvalue weighted by molar-refractivity contribution is 5.90. The van der Waals surface area contributed by atoms with Crippen molar-refractivity contribution >= 4 is 16.7 Å². The predicted octanol–water partition coefficient (Wildman–Crippen LogP) is 3.02. The molecule has 2 aromatic carbocycles. The summed E-state index contributed by atoms with van der Waals surface area (Å²) in [5.74, 6) is -0.937. The minimum absolute atomic E-state index is 0.219. The van der Waals surface area contributed by atoms with Gasteiger partial charge in [0.1, 0.15) is 0 Å². The van der Waals surface area contributed by atoms with Crippen molar-refractivity contribution in [2.75, 3.05) is 0 Å². The molecule has 80 valence electrons. The van der Waals surface area contributed by atoms with Crippen molar-refractivity contribution < 1.29 is 9.90 Å². The van der Waals surface area contributed by atoms with E-state index in [0.717, 1.165) is 16.3 Å². The van der Waals surface area contributed by atoms with Crippen LogP contribution in [0.1, 0.15) is 5.56 Å². The van der Waals surface area contributed by atoms with Gasteiger partial charge in [-0.2, -0.15) is 0 Å². The Morgan fingerprint density at radius 2 is 1.81 bits per heavy atom. The summed E-state index contributed by atoms with van der Waals surface area (Å²) >= 11 is 0. The Balaban J connectivity index is 2.45. The van der Waals surface area contributed by atoms with Crippen molar-refractivity contribution in [1.29, 1.82) is 0 Å². The summed E-state index contributed by atoms with van der Waals surface area (Å²) < 4.78 is 0. The first kappa shape index (κ1) is 10.4. The van der Waals surface area contributed by atoms with Crippen molar-refractivity contribution in [2.45, 2.75) is 6.42 Å². The molecule has 0 fully saturated rings. The lowest BCUT2D eigenvalue weighted by Gasteiger charge is -2.06. The van der Waals surface area contributed by atoms with Crippen LogP contribution in [0.2, 0.25) is 0 Å². The Morgan fingerprint density at radius 3 is 2.56 bits per heavy atom. The zero-order chi connectivity index (χ0) is 11.5. The molecule has 2 nitrogen and oxygen atoms in total. The Morgan fingerprint density at radius 1 is 1.12 bits per heavy atom. The second-order valence-electron chi connectivity index (χ2n) is 3.72. The van der Waals surface area contributed by atoms with Crippen LogP contribution in [0.25, 0.3) is 10.8 Å². The number of benzene rings is 2. The Kier molecular flexibility index (Phi) is 2.73. The zero-order valence-corrected chi connectivity index (χ0v) is 8.81. The maximum Gasteiger partial charge on any atom is 0.331 e. The molecule has 0 radical (unpaired) electrons.